The normalized spacial score (nSPS) is 19.2. The second-order valence-electron chi connectivity index (χ2n) is 8.22. The first-order valence-electron chi connectivity index (χ1n) is 10.1. The van der Waals surface area contributed by atoms with E-state index in [1.807, 2.05) is 18.2 Å². The Hall–Kier alpha value is -2.30. The van der Waals surface area contributed by atoms with E-state index >= 15 is 0 Å². The molecule has 0 amide bonds. The average molecular weight is 379 g/mol. The molecule has 0 saturated carbocycles. The molecule has 4 rings (SSSR count). The van der Waals surface area contributed by atoms with E-state index in [0.717, 1.165) is 31.7 Å². The third-order valence-corrected chi connectivity index (χ3v) is 5.83. The van der Waals surface area contributed by atoms with Crippen molar-refractivity contribution in [1.82, 2.24) is 9.47 Å². The van der Waals surface area contributed by atoms with E-state index in [1.54, 1.807) is 0 Å². The summed E-state index contributed by atoms with van der Waals surface area (Å²) < 4.78 is 14.7. The molecule has 0 radical (unpaired) electrons. The molecule has 0 N–H and O–H groups in total. The molecule has 1 aliphatic rings. The fourth-order valence-electron chi connectivity index (χ4n) is 4.33. The maximum Gasteiger partial charge on any atom is 0.120 e. The summed E-state index contributed by atoms with van der Waals surface area (Å²) in [7, 11) is 6.39. The van der Waals surface area contributed by atoms with Crippen LogP contribution in [0, 0.1) is 0 Å². The molecule has 1 atom stereocenters. The van der Waals surface area contributed by atoms with E-state index in [4.69, 9.17) is 9.47 Å². The second-order valence-corrected chi connectivity index (χ2v) is 8.22. The minimum atomic E-state index is -0.253. The number of rotatable bonds is 6. The molecule has 148 valence electrons. The first-order chi connectivity index (χ1) is 13.5. The van der Waals surface area contributed by atoms with Crippen molar-refractivity contribution in [2.75, 3.05) is 27.2 Å². The van der Waals surface area contributed by atoms with Crippen LogP contribution in [0.5, 0.6) is 5.75 Å². The smallest absolute Gasteiger partial charge is 0.120 e. The molecular weight excluding hydrogens is 348 g/mol. The number of hydrogen-bond acceptors (Lipinski definition) is 3. The summed E-state index contributed by atoms with van der Waals surface area (Å²) in [6, 6.07) is 16.8. The molecular formula is C24H30N2O2. The fraction of sp³-hybridized carbons (Fsp3) is 0.417. The Kier molecular flexibility index (Phi) is 5.17. The number of hydrogen-bond donors (Lipinski definition) is 0. The van der Waals surface area contributed by atoms with Crippen molar-refractivity contribution in [3.63, 3.8) is 0 Å². The molecule has 0 bridgehead atoms. The monoisotopic (exact) mass is 378 g/mol. The van der Waals surface area contributed by atoms with Gasteiger partial charge < -0.3 is 18.9 Å². The van der Waals surface area contributed by atoms with Crippen LogP contribution in [0.3, 0.4) is 0 Å². The van der Waals surface area contributed by atoms with Gasteiger partial charge in [0.15, 0.2) is 0 Å². The van der Waals surface area contributed by atoms with Gasteiger partial charge in [0.2, 0.25) is 0 Å². The molecule has 0 saturated heterocycles. The molecule has 4 heteroatoms. The molecule has 0 spiro atoms. The van der Waals surface area contributed by atoms with Crippen LogP contribution >= 0.6 is 0 Å². The van der Waals surface area contributed by atoms with Crippen molar-refractivity contribution in [2.24, 2.45) is 7.05 Å². The molecule has 4 nitrogen and oxygen atoms in total. The van der Waals surface area contributed by atoms with E-state index < -0.39 is 0 Å². The lowest BCUT2D eigenvalue weighted by molar-refractivity contribution is -0.0600. The van der Waals surface area contributed by atoms with Crippen molar-refractivity contribution >= 4 is 10.9 Å². The second kappa shape index (κ2) is 7.61. The molecule has 0 fully saturated rings. The van der Waals surface area contributed by atoms with Crippen LogP contribution in [0.15, 0.2) is 48.5 Å². The van der Waals surface area contributed by atoms with E-state index in [1.165, 1.54) is 27.7 Å². The Bertz CT molecular complexity index is 962. The first kappa shape index (κ1) is 19.0. The molecule has 0 aliphatic carbocycles. The summed E-state index contributed by atoms with van der Waals surface area (Å²) in [6.45, 7) is 4.60. The Morgan fingerprint density at radius 2 is 1.93 bits per heavy atom. The van der Waals surface area contributed by atoms with Crippen molar-refractivity contribution in [1.29, 1.82) is 0 Å². The van der Waals surface area contributed by atoms with Crippen LogP contribution in [0.25, 0.3) is 10.9 Å². The minimum absolute atomic E-state index is 0.253. The Labute approximate surface area is 167 Å². The maximum absolute atomic E-state index is 6.31. The van der Waals surface area contributed by atoms with Gasteiger partial charge in [0, 0.05) is 24.5 Å². The summed E-state index contributed by atoms with van der Waals surface area (Å²) in [5.74, 6) is 0.922. The van der Waals surface area contributed by atoms with Gasteiger partial charge in [0.1, 0.15) is 18.0 Å². The van der Waals surface area contributed by atoms with Crippen LogP contribution < -0.4 is 4.74 Å². The standard InChI is InChI=1S/C24H30N2O2/c1-24(13-14-25(2)3)23-20(12-15-28-24)21-16-19(10-11-22(21)26(23)4)27-17-18-8-6-5-7-9-18/h5-11,16H,12-15,17H2,1-4H3. The van der Waals surface area contributed by atoms with Gasteiger partial charge in [-0.1, -0.05) is 30.3 Å². The van der Waals surface area contributed by atoms with E-state index in [9.17, 15) is 0 Å². The van der Waals surface area contributed by atoms with E-state index in [2.05, 4.69) is 67.9 Å². The van der Waals surface area contributed by atoms with Gasteiger partial charge in [0.25, 0.3) is 0 Å². The highest BCUT2D eigenvalue weighted by Gasteiger charge is 2.37. The van der Waals surface area contributed by atoms with Crippen LogP contribution in [-0.2, 0) is 30.4 Å². The fourth-order valence-corrected chi connectivity index (χ4v) is 4.33. The SMILES string of the molecule is CN(C)CCC1(C)OCCc2c1n(C)c1ccc(OCc3ccccc3)cc21. The number of ether oxygens (including phenoxy) is 2. The number of nitrogens with zero attached hydrogens (tertiary/aromatic N) is 2. The van der Waals surface area contributed by atoms with Crippen LogP contribution in [0.2, 0.25) is 0 Å². The number of fused-ring (bicyclic) bond motifs is 3. The molecule has 3 aromatic rings. The van der Waals surface area contributed by atoms with Gasteiger partial charge in [-0.05, 0) is 63.2 Å². The molecule has 28 heavy (non-hydrogen) atoms. The molecule has 1 unspecified atom stereocenters. The Morgan fingerprint density at radius 1 is 1.14 bits per heavy atom. The van der Waals surface area contributed by atoms with Gasteiger partial charge >= 0.3 is 0 Å². The third kappa shape index (κ3) is 3.54. The van der Waals surface area contributed by atoms with E-state index in [-0.39, 0.29) is 5.60 Å². The molecule has 1 aliphatic heterocycles. The zero-order valence-electron chi connectivity index (χ0n) is 17.4. The largest absolute Gasteiger partial charge is 0.489 e. The molecule has 2 heterocycles. The summed E-state index contributed by atoms with van der Waals surface area (Å²) in [5.41, 5.74) is 4.91. The van der Waals surface area contributed by atoms with Crippen LogP contribution in [0.1, 0.15) is 30.2 Å². The lowest BCUT2D eigenvalue weighted by Crippen LogP contribution is -2.37. The quantitative estimate of drug-likeness (QED) is 0.632. The summed E-state index contributed by atoms with van der Waals surface area (Å²) in [6.07, 6.45) is 1.93. The maximum atomic E-state index is 6.31. The zero-order chi connectivity index (χ0) is 19.7. The zero-order valence-corrected chi connectivity index (χ0v) is 17.4. The summed E-state index contributed by atoms with van der Waals surface area (Å²) in [5, 5.41) is 1.29. The minimum Gasteiger partial charge on any atom is -0.489 e. The van der Waals surface area contributed by atoms with Crippen molar-refractivity contribution in [3.05, 3.63) is 65.4 Å². The van der Waals surface area contributed by atoms with Gasteiger partial charge in [0.05, 0.1) is 12.3 Å². The van der Waals surface area contributed by atoms with Gasteiger partial charge in [-0.2, -0.15) is 0 Å². The number of aryl methyl sites for hydroxylation is 1. The summed E-state index contributed by atoms with van der Waals surface area (Å²) in [4.78, 5) is 2.22. The molecule has 1 aromatic heterocycles. The lowest BCUT2D eigenvalue weighted by Gasteiger charge is -2.36. The highest BCUT2D eigenvalue weighted by molar-refractivity contribution is 5.87. The topological polar surface area (TPSA) is 26.6 Å². The van der Waals surface area contributed by atoms with Crippen LogP contribution in [-0.4, -0.2) is 36.7 Å². The van der Waals surface area contributed by atoms with Gasteiger partial charge in [-0.15, -0.1) is 0 Å². The first-order valence-corrected chi connectivity index (χ1v) is 10.1. The summed E-state index contributed by atoms with van der Waals surface area (Å²) >= 11 is 0. The number of aromatic nitrogens is 1. The van der Waals surface area contributed by atoms with Crippen molar-refractivity contribution in [3.8, 4) is 5.75 Å². The van der Waals surface area contributed by atoms with Gasteiger partial charge in [-0.25, -0.2) is 0 Å². The van der Waals surface area contributed by atoms with Crippen LogP contribution in [0.4, 0.5) is 0 Å². The Balaban J connectivity index is 1.67. The number of benzene rings is 2. The third-order valence-electron chi connectivity index (χ3n) is 5.83. The van der Waals surface area contributed by atoms with Crippen molar-refractivity contribution in [2.45, 2.75) is 32.0 Å². The van der Waals surface area contributed by atoms with Crippen molar-refractivity contribution < 1.29 is 9.47 Å². The van der Waals surface area contributed by atoms with E-state index in [0.29, 0.717) is 6.61 Å². The highest BCUT2D eigenvalue weighted by Crippen LogP contribution is 2.41. The predicted molar refractivity (Wildman–Crippen MR) is 114 cm³/mol. The lowest BCUT2D eigenvalue weighted by atomic mass is 9.89. The Morgan fingerprint density at radius 3 is 2.68 bits per heavy atom. The molecule has 2 aromatic carbocycles. The highest BCUT2D eigenvalue weighted by atomic mass is 16.5. The van der Waals surface area contributed by atoms with Gasteiger partial charge in [-0.3, -0.25) is 0 Å². The predicted octanol–water partition coefficient (Wildman–Crippen LogP) is 4.50. The average Bonchev–Trinajstić information content (AvgIpc) is 2.99.